The van der Waals surface area contributed by atoms with Crippen molar-refractivity contribution in [3.8, 4) is 0 Å². The highest BCUT2D eigenvalue weighted by Crippen LogP contribution is 2.05. The van der Waals surface area contributed by atoms with Crippen molar-refractivity contribution in [2.75, 3.05) is 26.2 Å². The zero-order chi connectivity index (χ0) is 12.1. The fraction of sp³-hybridized carbons (Fsp3) is 0.429. The minimum absolute atomic E-state index is 0. The highest BCUT2D eigenvalue weighted by Gasteiger charge is 2.13. The monoisotopic (exact) mass is 270 g/mol. The number of benzene rings is 1. The molecule has 1 N–H and O–H groups in total. The highest BCUT2D eigenvalue weighted by molar-refractivity contribution is 5.85. The van der Waals surface area contributed by atoms with Gasteiger partial charge in [0, 0.05) is 32.2 Å². The van der Waals surface area contributed by atoms with Crippen LogP contribution in [0.2, 0.25) is 0 Å². The zero-order valence-electron chi connectivity index (χ0n) is 10.6. The third-order valence-corrected chi connectivity index (χ3v) is 3.00. The first kappa shape index (κ1) is 15.2. The molecule has 1 fully saturated rings. The molecular weight excluding hydrogens is 251 g/mol. The molecule has 2 nitrogen and oxygen atoms in total. The summed E-state index contributed by atoms with van der Waals surface area (Å²) in [5.74, 6) is -0.182. The Labute approximate surface area is 114 Å². The first-order valence-corrected chi connectivity index (χ1v) is 6.12. The van der Waals surface area contributed by atoms with Gasteiger partial charge < -0.3 is 5.32 Å². The van der Waals surface area contributed by atoms with Crippen LogP contribution < -0.4 is 5.32 Å². The van der Waals surface area contributed by atoms with E-state index in [1.54, 1.807) is 12.1 Å². The van der Waals surface area contributed by atoms with Crippen LogP contribution in [0.5, 0.6) is 0 Å². The quantitative estimate of drug-likeness (QED) is 0.908. The lowest BCUT2D eigenvalue weighted by molar-refractivity contribution is 0.227. The van der Waals surface area contributed by atoms with E-state index in [1.807, 2.05) is 6.08 Å². The third-order valence-electron chi connectivity index (χ3n) is 3.00. The van der Waals surface area contributed by atoms with E-state index in [1.165, 1.54) is 12.1 Å². The minimum Gasteiger partial charge on any atom is -0.312 e. The van der Waals surface area contributed by atoms with E-state index >= 15 is 0 Å². The Morgan fingerprint density at radius 3 is 2.78 bits per heavy atom. The predicted octanol–water partition coefficient (Wildman–Crippen LogP) is 2.55. The molecule has 18 heavy (non-hydrogen) atoms. The Hall–Kier alpha value is -0.900. The normalized spacial score (nSPS) is 20.9. The summed E-state index contributed by atoms with van der Waals surface area (Å²) in [5, 5.41) is 3.42. The maximum Gasteiger partial charge on any atom is 0.123 e. The molecular formula is C14H20ClFN2. The maximum atomic E-state index is 12.7. The number of hydrogen-bond donors (Lipinski definition) is 1. The molecule has 0 saturated carbocycles. The summed E-state index contributed by atoms with van der Waals surface area (Å²) in [6.07, 6.45) is 4.19. The minimum atomic E-state index is -0.182. The average Bonchev–Trinajstić information content (AvgIpc) is 2.32. The molecule has 1 atom stereocenters. The van der Waals surface area contributed by atoms with Gasteiger partial charge in [-0.1, -0.05) is 24.3 Å². The molecule has 1 aliphatic heterocycles. The van der Waals surface area contributed by atoms with Gasteiger partial charge in [-0.3, -0.25) is 4.90 Å². The van der Waals surface area contributed by atoms with Crippen molar-refractivity contribution < 1.29 is 4.39 Å². The largest absolute Gasteiger partial charge is 0.312 e. The van der Waals surface area contributed by atoms with Crippen molar-refractivity contribution in [1.29, 1.82) is 0 Å². The van der Waals surface area contributed by atoms with Gasteiger partial charge in [-0.05, 0) is 24.6 Å². The molecule has 100 valence electrons. The SMILES string of the molecule is C[C@@H]1CN(C/C=C/c2ccc(F)cc2)CCN1.Cl. The van der Waals surface area contributed by atoms with Crippen LogP contribution in [-0.4, -0.2) is 37.1 Å². The van der Waals surface area contributed by atoms with Crippen molar-refractivity contribution in [2.45, 2.75) is 13.0 Å². The van der Waals surface area contributed by atoms with Gasteiger partial charge in [-0.25, -0.2) is 4.39 Å². The number of nitrogens with one attached hydrogen (secondary N) is 1. The van der Waals surface area contributed by atoms with E-state index in [0.29, 0.717) is 6.04 Å². The first-order chi connectivity index (χ1) is 8.24. The Morgan fingerprint density at radius 1 is 1.39 bits per heavy atom. The van der Waals surface area contributed by atoms with E-state index in [2.05, 4.69) is 23.2 Å². The van der Waals surface area contributed by atoms with Gasteiger partial charge in [-0.15, -0.1) is 12.4 Å². The lowest BCUT2D eigenvalue weighted by Gasteiger charge is -2.30. The zero-order valence-corrected chi connectivity index (χ0v) is 11.4. The molecule has 0 radical (unpaired) electrons. The Kier molecular flexibility index (Phi) is 6.33. The molecule has 1 aromatic carbocycles. The molecule has 2 rings (SSSR count). The smallest absolute Gasteiger partial charge is 0.123 e. The topological polar surface area (TPSA) is 15.3 Å². The summed E-state index contributed by atoms with van der Waals surface area (Å²) < 4.78 is 12.7. The van der Waals surface area contributed by atoms with E-state index in [0.717, 1.165) is 31.7 Å². The Balaban J connectivity index is 0.00000162. The van der Waals surface area contributed by atoms with Crippen LogP contribution in [0.4, 0.5) is 4.39 Å². The summed E-state index contributed by atoms with van der Waals surface area (Å²) in [6, 6.07) is 7.15. The summed E-state index contributed by atoms with van der Waals surface area (Å²) in [6.45, 7) is 6.41. The van der Waals surface area contributed by atoms with Gasteiger partial charge >= 0.3 is 0 Å². The van der Waals surface area contributed by atoms with Crippen LogP contribution in [0.1, 0.15) is 12.5 Å². The molecule has 1 saturated heterocycles. The summed E-state index contributed by atoms with van der Waals surface area (Å²) >= 11 is 0. The molecule has 0 aromatic heterocycles. The van der Waals surface area contributed by atoms with E-state index in [4.69, 9.17) is 0 Å². The van der Waals surface area contributed by atoms with Gasteiger partial charge in [0.05, 0.1) is 0 Å². The molecule has 0 spiro atoms. The Morgan fingerprint density at radius 2 is 2.11 bits per heavy atom. The number of halogens is 2. The third kappa shape index (κ3) is 4.77. The lowest BCUT2D eigenvalue weighted by Crippen LogP contribution is -2.49. The van der Waals surface area contributed by atoms with Crippen molar-refractivity contribution >= 4 is 18.5 Å². The fourth-order valence-electron chi connectivity index (χ4n) is 2.09. The van der Waals surface area contributed by atoms with E-state index in [-0.39, 0.29) is 18.2 Å². The first-order valence-electron chi connectivity index (χ1n) is 6.12. The van der Waals surface area contributed by atoms with Crippen LogP contribution in [0.15, 0.2) is 30.3 Å². The van der Waals surface area contributed by atoms with Gasteiger partial charge in [0.25, 0.3) is 0 Å². The second kappa shape index (κ2) is 7.52. The number of rotatable bonds is 3. The molecule has 1 aliphatic rings. The van der Waals surface area contributed by atoms with Crippen LogP contribution in [0.3, 0.4) is 0 Å². The highest BCUT2D eigenvalue weighted by atomic mass is 35.5. The summed E-state index contributed by atoms with van der Waals surface area (Å²) in [5.41, 5.74) is 1.05. The van der Waals surface area contributed by atoms with E-state index in [9.17, 15) is 4.39 Å². The number of piperazine rings is 1. The summed E-state index contributed by atoms with van der Waals surface area (Å²) in [4.78, 5) is 2.42. The van der Waals surface area contributed by atoms with Crippen molar-refractivity contribution in [2.24, 2.45) is 0 Å². The Bertz CT molecular complexity index is 378. The van der Waals surface area contributed by atoms with E-state index < -0.39 is 0 Å². The molecule has 1 aromatic rings. The molecule has 0 aliphatic carbocycles. The van der Waals surface area contributed by atoms with Gasteiger partial charge in [0.1, 0.15) is 5.82 Å². The molecule has 4 heteroatoms. The van der Waals surface area contributed by atoms with Crippen molar-refractivity contribution in [1.82, 2.24) is 10.2 Å². The van der Waals surface area contributed by atoms with Crippen molar-refractivity contribution in [3.63, 3.8) is 0 Å². The number of nitrogens with zero attached hydrogens (tertiary/aromatic N) is 1. The maximum absolute atomic E-state index is 12.7. The molecule has 0 amide bonds. The predicted molar refractivity (Wildman–Crippen MR) is 76.6 cm³/mol. The molecule has 0 bridgehead atoms. The van der Waals surface area contributed by atoms with Crippen LogP contribution in [0.25, 0.3) is 6.08 Å². The van der Waals surface area contributed by atoms with Gasteiger partial charge in [0.15, 0.2) is 0 Å². The second-order valence-electron chi connectivity index (χ2n) is 4.57. The van der Waals surface area contributed by atoms with Gasteiger partial charge in [0.2, 0.25) is 0 Å². The van der Waals surface area contributed by atoms with Crippen molar-refractivity contribution in [3.05, 3.63) is 41.7 Å². The molecule has 1 heterocycles. The van der Waals surface area contributed by atoms with Crippen LogP contribution in [-0.2, 0) is 0 Å². The number of hydrogen-bond acceptors (Lipinski definition) is 2. The molecule has 0 unspecified atom stereocenters. The lowest BCUT2D eigenvalue weighted by atomic mass is 10.2. The summed E-state index contributed by atoms with van der Waals surface area (Å²) in [7, 11) is 0. The van der Waals surface area contributed by atoms with Crippen LogP contribution in [0, 0.1) is 5.82 Å². The fourth-order valence-corrected chi connectivity index (χ4v) is 2.09. The van der Waals surface area contributed by atoms with Gasteiger partial charge in [-0.2, -0.15) is 0 Å². The van der Waals surface area contributed by atoms with Crippen LogP contribution >= 0.6 is 12.4 Å². The second-order valence-corrected chi connectivity index (χ2v) is 4.57. The average molecular weight is 271 g/mol. The standard InChI is InChI=1S/C14H19FN2.ClH/c1-12-11-17(10-8-16-12)9-2-3-13-4-6-14(15)7-5-13;/h2-7,12,16H,8-11H2,1H3;1H/b3-2+;/t12-;/m1./s1.